The van der Waals surface area contributed by atoms with Gasteiger partial charge in [-0.05, 0) is 30.4 Å². The van der Waals surface area contributed by atoms with Crippen molar-refractivity contribution < 1.29 is 4.74 Å². The van der Waals surface area contributed by atoms with Gasteiger partial charge < -0.3 is 15.0 Å². The molecule has 0 aromatic heterocycles. The van der Waals surface area contributed by atoms with Gasteiger partial charge >= 0.3 is 0 Å². The minimum atomic E-state index is 0.764. The van der Waals surface area contributed by atoms with Gasteiger partial charge in [-0.25, -0.2) is 0 Å². The Morgan fingerprint density at radius 1 is 1.33 bits per heavy atom. The second kappa shape index (κ2) is 6.76. The van der Waals surface area contributed by atoms with Gasteiger partial charge in [0.2, 0.25) is 0 Å². The van der Waals surface area contributed by atoms with Crippen LogP contribution < -0.4 is 10.2 Å². The molecule has 0 radical (unpaired) electrons. The van der Waals surface area contributed by atoms with Crippen molar-refractivity contribution in [2.75, 3.05) is 38.8 Å². The van der Waals surface area contributed by atoms with Crippen molar-refractivity contribution in [3.8, 4) is 0 Å². The normalized spacial score (nSPS) is 14.8. The van der Waals surface area contributed by atoms with Gasteiger partial charge in [-0.2, -0.15) is 0 Å². The van der Waals surface area contributed by atoms with Gasteiger partial charge in [-0.15, -0.1) is 0 Å². The molecule has 0 bridgehead atoms. The van der Waals surface area contributed by atoms with Crippen LogP contribution in [0, 0.1) is 5.92 Å². The SMILES string of the molecule is COCCNCc1ccccc1N(C)CC1CC1. The molecule has 0 amide bonds. The molecule has 0 atom stereocenters. The molecule has 2 rings (SSSR count). The molecule has 1 N–H and O–H groups in total. The standard InChI is InChI=1S/C15H24N2O/c1-17(12-13-7-8-13)15-6-4-3-5-14(15)11-16-9-10-18-2/h3-6,13,16H,7-12H2,1-2H3. The first-order valence-corrected chi connectivity index (χ1v) is 6.80. The number of methoxy groups -OCH3 is 1. The van der Waals surface area contributed by atoms with Crippen LogP contribution in [0.2, 0.25) is 0 Å². The number of anilines is 1. The van der Waals surface area contributed by atoms with E-state index in [4.69, 9.17) is 4.74 Å². The lowest BCUT2D eigenvalue weighted by Crippen LogP contribution is -2.24. The zero-order chi connectivity index (χ0) is 12.8. The van der Waals surface area contributed by atoms with E-state index in [1.165, 1.54) is 30.6 Å². The van der Waals surface area contributed by atoms with E-state index in [1.54, 1.807) is 7.11 Å². The first kappa shape index (κ1) is 13.4. The van der Waals surface area contributed by atoms with Crippen molar-refractivity contribution in [3.05, 3.63) is 29.8 Å². The molecule has 0 unspecified atom stereocenters. The number of benzene rings is 1. The van der Waals surface area contributed by atoms with Gasteiger partial charge in [0.25, 0.3) is 0 Å². The summed E-state index contributed by atoms with van der Waals surface area (Å²) in [5, 5.41) is 3.42. The van der Waals surface area contributed by atoms with Crippen LogP contribution in [0.25, 0.3) is 0 Å². The Labute approximate surface area is 110 Å². The van der Waals surface area contributed by atoms with Crippen LogP contribution in [0.5, 0.6) is 0 Å². The van der Waals surface area contributed by atoms with Crippen molar-refractivity contribution in [2.24, 2.45) is 5.92 Å². The Morgan fingerprint density at radius 2 is 2.11 bits per heavy atom. The molecular formula is C15H24N2O. The molecule has 3 heteroatoms. The first-order chi connectivity index (χ1) is 8.81. The summed E-state index contributed by atoms with van der Waals surface area (Å²) < 4.78 is 5.05. The number of hydrogen-bond donors (Lipinski definition) is 1. The molecule has 0 saturated heterocycles. The molecular weight excluding hydrogens is 224 g/mol. The van der Waals surface area contributed by atoms with Crippen LogP contribution in [-0.2, 0) is 11.3 Å². The maximum Gasteiger partial charge on any atom is 0.0587 e. The summed E-state index contributed by atoms with van der Waals surface area (Å²) in [4.78, 5) is 2.39. The van der Waals surface area contributed by atoms with Crippen molar-refractivity contribution in [2.45, 2.75) is 19.4 Å². The van der Waals surface area contributed by atoms with E-state index in [0.29, 0.717) is 0 Å². The lowest BCUT2D eigenvalue weighted by molar-refractivity contribution is 0.199. The Balaban J connectivity index is 1.91. The van der Waals surface area contributed by atoms with E-state index < -0.39 is 0 Å². The predicted molar refractivity (Wildman–Crippen MR) is 76.0 cm³/mol. The molecule has 1 aromatic rings. The number of ether oxygens (including phenoxy) is 1. The van der Waals surface area contributed by atoms with Crippen LogP contribution in [0.3, 0.4) is 0 Å². The maximum absolute atomic E-state index is 5.05. The number of nitrogens with one attached hydrogen (secondary N) is 1. The van der Waals surface area contributed by atoms with Gasteiger partial charge in [0.15, 0.2) is 0 Å². The van der Waals surface area contributed by atoms with Crippen LogP contribution in [0.1, 0.15) is 18.4 Å². The number of nitrogens with zero attached hydrogens (tertiary/aromatic N) is 1. The highest BCUT2D eigenvalue weighted by Crippen LogP contribution is 2.31. The summed E-state index contributed by atoms with van der Waals surface area (Å²) in [6.45, 7) is 3.76. The van der Waals surface area contributed by atoms with Crippen LogP contribution >= 0.6 is 0 Å². The summed E-state index contributed by atoms with van der Waals surface area (Å²) in [5.41, 5.74) is 2.73. The fraction of sp³-hybridized carbons (Fsp3) is 0.600. The third-order valence-electron chi connectivity index (χ3n) is 3.43. The Morgan fingerprint density at radius 3 is 2.83 bits per heavy atom. The molecule has 1 fully saturated rings. The molecule has 1 aliphatic carbocycles. The molecule has 0 aliphatic heterocycles. The third-order valence-corrected chi connectivity index (χ3v) is 3.43. The fourth-order valence-corrected chi connectivity index (χ4v) is 2.22. The van der Waals surface area contributed by atoms with Crippen molar-refractivity contribution in [1.29, 1.82) is 0 Å². The topological polar surface area (TPSA) is 24.5 Å². The Bertz CT molecular complexity index is 363. The second-order valence-electron chi connectivity index (χ2n) is 5.12. The van der Waals surface area contributed by atoms with E-state index in [2.05, 4.69) is 41.5 Å². The maximum atomic E-state index is 5.05. The highest BCUT2D eigenvalue weighted by molar-refractivity contribution is 5.53. The first-order valence-electron chi connectivity index (χ1n) is 6.80. The molecule has 100 valence electrons. The average molecular weight is 248 g/mol. The summed E-state index contributed by atoms with van der Waals surface area (Å²) in [6, 6.07) is 8.66. The fourth-order valence-electron chi connectivity index (χ4n) is 2.22. The molecule has 18 heavy (non-hydrogen) atoms. The van der Waals surface area contributed by atoms with Crippen molar-refractivity contribution in [3.63, 3.8) is 0 Å². The summed E-state index contributed by atoms with van der Waals surface area (Å²) >= 11 is 0. The summed E-state index contributed by atoms with van der Waals surface area (Å²) in [6.07, 6.45) is 2.80. The number of hydrogen-bond acceptors (Lipinski definition) is 3. The smallest absolute Gasteiger partial charge is 0.0587 e. The quantitative estimate of drug-likeness (QED) is 0.714. The Kier molecular flexibility index (Phi) is 5.02. The summed E-state index contributed by atoms with van der Waals surface area (Å²) in [5.74, 6) is 0.921. The van der Waals surface area contributed by atoms with E-state index in [0.717, 1.165) is 25.6 Å². The van der Waals surface area contributed by atoms with Crippen LogP contribution in [-0.4, -0.2) is 33.9 Å². The second-order valence-corrected chi connectivity index (χ2v) is 5.12. The summed E-state index contributed by atoms with van der Waals surface area (Å²) in [7, 11) is 3.94. The minimum absolute atomic E-state index is 0.764. The van der Waals surface area contributed by atoms with Crippen molar-refractivity contribution in [1.82, 2.24) is 5.32 Å². The minimum Gasteiger partial charge on any atom is -0.383 e. The van der Waals surface area contributed by atoms with Crippen LogP contribution in [0.4, 0.5) is 5.69 Å². The lowest BCUT2D eigenvalue weighted by atomic mass is 10.1. The van der Waals surface area contributed by atoms with E-state index >= 15 is 0 Å². The molecule has 1 aromatic carbocycles. The largest absolute Gasteiger partial charge is 0.383 e. The number of para-hydroxylation sites is 1. The van der Waals surface area contributed by atoms with Gasteiger partial charge in [0.1, 0.15) is 0 Å². The highest BCUT2D eigenvalue weighted by Gasteiger charge is 2.23. The third kappa shape index (κ3) is 4.00. The highest BCUT2D eigenvalue weighted by atomic mass is 16.5. The van der Waals surface area contributed by atoms with Gasteiger partial charge in [0.05, 0.1) is 6.61 Å². The van der Waals surface area contributed by atoms with Crippen LogP contribution in [0.15, 0.2) is 24.3 Å². The molecule has 1 saturated carbocycles. The molecule has 1 aliphatic rings. The monoisotopic (exact) mass is 248 g/mol. The zero-order valence-corrected chi connectivity index (χ0v) is 11.5. The zero-order valence-electron chi connectivity index (χ0n) is 11.5. The molecule has 3 nitrogen and oxygen atoms in total. The van der Waals surface area contributed by atoms with E-state index in [1.807, 2.05) is 0 Å². The predicted octanol–water partition coefficient (Wildman–Crippen LogP) is 2.27. The number of rotatable bonds is 8. The van der Waals surface area contributed by atoms with Gasteiger partial charge in [-0.1, -0.05) is 18.2 Å². The molecule has 0 heterocycles. The van der Waals surface area contributed by atoms with Crippen molar-refractivity contribution >= 4 is 5.69 Å². The van der Waals surface area contributed by atoms with E-state index in [-0.39, 0.29) is 0 Å². The average Bonchev–Trinajstić information content (AvgIpc) is 3.19. The Hall–Kier alpha value is -1.06. The van der Waals surface area contributed by atoms with Gasteiger partial charge in [0, 0.05) is 39.5 Å². The van der Waals surface area contributed by atoms with E-state index in [9.17, 15) is 0 Å². The molecule has 0 spiro atoms. The lowest BCUT2D eigenvalue weighted by Gasteiger charge is -2.22. The van der Waals surface area contributed by atoms with Gasteiger partial charge in [-0.3, -0.25) is 0 Å².